The molecule has 1 heterocycles. The molecule has 1 aliphatic rings. The van der Waals surface area contributed by atoms with Crippen LogP contribution in [0.3, 0.4) is 0 Å². The summed E-state index contributed by atoms with van der Waals surface area (Å²) < 4.78 is 0. The lowest BCUT2D eigenvalue weighted by Crippen LogP contribution is -2.38. The van der Waals surface area contributed by atoms with Crippen LogP contribution < -0.4 is 11.3 Å². The Bertz CT molecular complexity index is 278. The zero-order valence-electron chi connectivity index (χ0n) is 9.82. The fraction of sp³-hybridized carbons (Fsp3) is 0.692. The van der Waals surface area contributed by atoms with Gasteiger partial charge in [-0.05, 0) is 30.2 Å². The monoisotopic (exact) mass is 238 g/mol. The van der Waals surface area contributed by atoms with Gasteiger partial charge in [-0.3, -0.25) is 11.3 Å². The van der Waals surface area contributed by atoms with Crippen molar-refractivity contribution >= 4 is 11.3 Å². The largest absolute Gasteiger partial charge is 0.271 e. The first-order valence-electron chi connectivity index (χ1n) is 6.37. The molecule has 0 amide bonds. The average molecular weight is 238 g/mol. The summed E-state index contributed by atoms with van der Waals surface area (Å²) in [6, 6.07) is 4.78. The predicted octanol–water partition coefficient (Wildman–Crippen LogP) is 3.09. The van der Waals surface area contributed by atoms with Crippen LogP contribution in [0.5, 0.6) is 0 Å². The summed E-state index contributed by atoms with van der Waals surface area (Å²) in [6.07, 6.45) is 9.41. The molecule has 3 heteroatoms. The van der Waals surface area contributed by atoms with Crippen molar-refractivity contribution in [3.05, 3.63) is 22.4 Å². The maximum absolute atomic E-state index is 5.66. The van der Waals surface area contributed by atoms with E-state index in [1.54, 1.807) is 0 Å². The van der Waals surface area contributed by atoms with E-state index in [4.69, 9.17) is 5.84 Å². The van der Waals surface area contributed by atoms with Gasteiger partial charge in [0.05, 0.1) is 0 Å². The molecule has 1 atom stereocenters. The molecule has 1 unspecified atom stereocenters. The van der Waals surface area contributed by atoms with Gasteiger partial charge in [-0.1, -0.05) is 38.2 Å². The van der Waals surface area contributed by atoms with E-state index < -0.39 is 0 Å². The van der Waals surface area contributed by atoms with Crippen molar-refractivity contribution in [2.45, 2.75) is 51.0 Å². The molecule has 0 radical (unpaired) electrons. The highest BCUT2D eigenvalue weighted by Crippen LogP contribution is 2.28. The van der Waals surface area contributed by atoms with Crippen molar-refractivity contribution < 1.29 is 0 Å². The average Bonchev–Trinajstić information content (AvgIpc) is 2.82. The van der Waals surface area contributed by atoms with Crippen molar-refractivity contribution in [2.24, 2.45) is 11.8 Å². The summed E-state index contributed by atoms with van der Waals surface area (Å²) in [5.74, 6) is 6.56. The highest BCUT2D eigenvalue weighted by Gasteiger charge is 2.18. The lowest BCUT2D eigenvalue weighted by molar-refractivity contribution is 0.298. The Labute approximate surface area is 102 Å². The predicted molar refractivity (Wildman–Crippen MR) is 70.3 cm³/mol. The van der Waals surface area contributed by atoms with Gasteiger partial charge in [0.2, 0.25) is 0 Å². The van der Waals surface area contributed by atoms with Gasteiger partial charge in [0.15, 0.2) is 0 Å². The first kappa shape index (κ1) is 12.1. The van der Waals surface area contributed by atoms with Crippen molar-refractivity contribution in [3.8, 4) is 0 Å². The Morgan fingerprint density at radius 3 is 2.81 bits per heavy atom. The fourth-order valence-corrected chi connectivity index (χ4v) is 3.49. The van der Waals surface area contributed by atoms with E-state index in [1.165, 1.54) is 43.4 Å². The molecular formula is C13H22N2S. The summed E-state index contributed by atoms with van der Waals surface area (Å²) in [7, 11) is 0. The van der Waals surface area contributed by atoms with Crippen LogP contribution in [0.2, 0.25) is 0 Å². The summed E-state index contributed by atoms with van der Waals surface area (Å²) in [6.45, 7) is 0. The van der Waals surface area contributed by atoms with Crippen LogP contribution in [0, 0.1) is 5.92 Å². The number of hydrogen-bond donors (Lipinski definition) is 2. The van der Waals surface area contributed by atoms with E-state index in [9.17, 15) is 0 Å². The third kappa shape index (κ3) is 3.58. The molecule has 2 nitrogen and oxygen atoms in total. The molecule has 16 heavy (non-hydrogen) atoms. The lowest BCUT2D eigenvalue weighted by Gasteiger charge is -2.25. The molecule has 1 aromatic heterocycles. The highest BCUT2D eigenvalue weighted by atomic mass is 32.1. The second kappa shape index (κ2) is 6.38. The fourth-order valence-electron chi connectivity index (χ4n) is 2.71. The highest BCUT2D eigenvalue weighted by molar-refractivity contribution is 7.09. The van der Waals surface area contributed by atoms with Crippen LogP contribution in [0.25, 0.3) is 0 Å². The maximum atomic E-state index is 5.66. The number of thiophene rings is 1. The molecule has 0 saturated heterocycles. The van der Waals surface area contributed by atoms with Gasteiger partial charge in [-0.25, -0.2) is 0 Å². The van der Waals surface area contributed by atoms with Crippen LogP contribution in [0.1, 0.15) is 43.4 Å². The normalized spacial score (nSPS) is 19.8. The van der Waals surface area contributed by atoms with Crippen LogP contribution in [-0.4, -0.2) is 6.04 Å². The van der Waals surface area contributed by atoms with E-state index in [0.29, 0.717) is 6.04 Å². The van der Waals surface area contributed by atoms with Crippen molar-refractivity contribution in [1.29, 1.82) is 0 Å². The minimum atomic E-state index is 0.460. The smallest absolute Gasteiger partial charge is 0.0261 e. The molecule has 90 valence electrons. The Morgan fingerprint density at radius 2 is 2.19 bits per heavy atom. The summed E-state index contributed by atoms with van der Waals surface area (Å²) in [5.41, 5.74) is 2.99. The van der Waals surface area contributed by atoms with Crippen LogP contribution >= 0.6 is 11.3 Å². The quantitative estimate of drug-likeness (QED) is 0.611. The standard InChI is InChI=1S/C13H22N2S/c14-15-12(10-13-7-4-8-16-13)9-11-5-2-1-3-6-11/h4,7-8,11-12,15H,1-3,5-6,9-10,14H2. The van der Waals surface area contributed by atoms with Gasteiger partial charge in [-0.15, -0.1) is 11.3 Å². The van der Waals surface area contributed by atoms with E-state index >= 15 is 0 Å². The zero-order chi connectivity index (χ0) is 11.2. The Kier molecular flexibility index (Phi) is 4.82. The van der Waals surface area contributed by atoms with Crippen molar-refractivity contribution in [2.75, 3.05) is 0 Å². The second-order valence-corrected chi connectivity index (χ2v) is 5.92. The van der Waals surface area contributed by atoms with Crippen LogP contribution in [-0.2, 0) is 6.42 Å². The minimum Gasteiger partial charge on any atom is -0.271 e. The minimum absolute atomic E-state index is 0.460. The van der Waals surface area contributed by atoms with Crippen LogP contribution in [0.4, 0.5) is 0 Å². The number of hydrazine groups is 1. The second-order valence-electron chi connectivity index (χ2n) is 4.89. The summed E-state index contributed by atoms with van der Waals surface area (Å²) >= 11 is 1.83. The number of hydrogen-bond acceptors (Lipinski definition) is 3. The molecule has 0 aliphatic heterocycles. The van der Waals surface area contributed by atoms with Gasteiger partial charge < -0.3 is 0 Å². The zero-order valence-corrected chi connectivity index (χ0v) is 10.6. The molecule has 0 spiro atoms. The summed E-state index contributed by atoms with van der Waals surface area (Å²) in [5, 5.41) is 2.14. The first-order chi connectivity index (χ1) is 7.88. The summed E-state index contributed by atoms with van der Waals surface area (Å²) in [4.78, 5) is 1.44. The van der Waals surface area contributed by atoms with Gasteiger partial charge in [-0.2, -0.15) is 0 Å². The molecule has 1 aliphatic carbocycles. The first-order valence-corrected chi connectivity index (χ1v) is 7.25. The Balaban J connectivity index is 1.80. The van der Waals surface area contributed by atoms with E-state index in [-0.39, 0.29) is 0 Å². The number of nitrogens with two attached hydrogens (primary N) is 1. The topological polar surface area (TPSA) is 38.0 Å². The molecule has 1 saturated carbocycles. The van der Waals surface area contributed by atoms with Crippen LogP contribution in [0.15, 0.2) is 17.5 Å². The van der Waals surface area contributed by atoms with E-state index in [0.717, 1.165) is 12.3 Å². The van der Waals surface area contributed by atoms with Crippen molar-refractivity contribution in [1.82, 2.24) is 5.43 Å². The third-order valence-electron chi connectivity index (χ3n) is 3.61. The van der Waals surface area contributed by atoms with E-state index in [1.807, 2.05) is 11.3 Å². The van der Waals surface area contributed by atoms with Gasteiger partial charge in [0.1, 0.15) is 0 Å². The van der Waals surface area contributed by atoms with Gasteiger partial charge in [0.25, 0.3) is 0 Å². The SMILES string of the molecule is NNC(Cc1cccs1)CC1CCCCC1. The maximum Gasteiger partial charge on any atom is 0.0261 e. The number of rotatable bonds is 5. The number of nitrogens with one attached hydrogen (secondary N) is 1. The van der Waals surface area contributed by atoms with Gasteiger partial charge >= 0.3 is 0 Å². The molecule has 2 rings (SSSR count). The molecule has 3 N–H and O–H groups in total. The van der Waals surface area contributed by atoms with Gasteiger partial charge in [0, 0.05) is 10.9 Å². The van der Waals surface area contributed by atoms with E-state index in [2.05, 4.69) is 22.9 Å². The Hall–Kier alpha value is -0.380. The molecule has 0 bridgehead atoms. The molecular weight excluding hydrogens is 216 g/mol. The van der Waals surface area contributed by atoms with Crippen molar-refractivity contribution in [3.63, 3.8) is 0 Å². The Morgan fingerprint density at radius 1 is 1.38 bits per heavy atom. The third-order valence-corrected chi connectivity index (χ3v) is 4.50. The molecule has 1 fully saturated rings. The molecule has 1 aromatic rings. The lowest BCUT2D eigenvalue weighted by atomic mass is 9.84. The molecule has 0 aromatic carbocycles.